The zero-order chi connectivity index (χ0) is 17.0. The van der Waals surface area contributed by atoms with Gasteiger partial charge in [0.1, 0.15) is 5.69 Å². The van der Waals surface area contributed by atoms with Gasteiger partial charge in [0.25, 0.3) is 11.5 Å². The van der Waals surface area contributed by atoms with Crippen LogP contribution < -0.4 is 10.9 Å². The number of nitrogens with zero attached hydrogens (tertiary/aromatic N) is 1. The number of aromatic nitrogens is 2. The molecule has 122 valence electrons. The van der Waals surface area contributed by atoms with Gasteiger partial charge in [0.15, 0.2) is 0 Å². The van der Waals surface area contributed by atoms with E-state index in [9.17, 15) is 9.59 Å². The molecule has 23 heavy (non-hydrogen) atoms. The molecule has 0 unspecified atom stereocenters. The van der Waals surface area contributed by atoms with E-state index in [-0.39, 0.29) is 22.6 Å². The van der Waals surface area contributed by atoms with Crippen LogP contribution in [0.3, 0.4) is 0 Å². The molecule has 0 atom stereocenters. The number of aromatic amines is 1. The van der Waals surface area contributed by atoms with E-state index in [0.29, 0.717) is 6.54 Å². The minimum atomic E-state index is -0.323. The molecule has 5 heteroatoms. The van der Waals surface area contributed by atoms with Crippen LogP contribution in [-0.4, -0.2) is 22.6 Å². The molecule has 2 N–H and O–H groups in total. The number of H-pyrrole nitrogens is 1. The minimum Gasteiger partial charge on any atom is -0.350 e. The highest BCUT2D eigenvalue weighted by Crippen LogP contribution is 2.24. The van der Waals surface area contributed by atoms with Gasteiger partial charge >= 0.3 is 0 Å². The van der Waals surface area contributed by atoms with Crippen LogP contribution in [-0.2, 0) is 11.8 Å². The van der Waals surface area contributed by atoms with Gasteiger partial charge in [-0.15, -0.1) is 0 Å². The maximum Gasteiger partial charge on any atom is 0.271 e. The van der Waals surface area contributed by atoms with Crippen molar-refractivity contribution in [3.8, 4) is 0 Å². The Bertz CT molecular complexity index is 737. The molecule has 0 aliphatic rings. The highest BCUT2D eigenvalue weighted by Gasteiger charge is 2.14. The number of carbonyl (C=O) groups excluding carboxylic acids is 1. The van der Waals surface area contributed by atoms with E-state index in [0.717, 1.165) is 6.42 Å². The molecule has 2 aromatic rings. The Labute approximate surface area is 136 Å². The van der Waals surface area contributed by atoms with Crippen LogP contribution in [0.25, 0.3) is 0 Å². The molecular weight excluding hydrogens is 290 g/mol. The summed E-state index contributed by atoms with van der Waals surface area (Å²) in [7, 11) is 0. The highest BCUT2D eigenvalue weighted by atomic mass is 16.2. The predicted molar refractivity (Wildman–Crippen MR) is 90.8 cm³/mol. The largest absolute Gasteiger partial charge is 0.350 e. The Morgan fingerprint density at radius 3 is 2.57 bits per heavy atom. The van der Waals surface area contributed by atoms with E-state index < -0.39 is 0 Å². The maximum atomic E-state index is 12.0. The quantitative estimate of drug-likeness (QED) is 0.910. The van der Waals surface area contributed by atoms with Crippen molar-refractivity contribution < 1.29 is 4.79 Å². The summed E-state index contributed by atoms with van der Waals surface area (Å²) in [5.41, 5.74) is 3.72. The average molecular weight is 313 g/mol. The third-order valence-electron chi connectivity index (χ3n) is 3.81. The third-order valence-corrected chi connectivity index (χ3v) is 3.81. The number of hydrogen-bond donors (Lipinski definition) is 2. The van der Waals surface area contributed by atoms with Crippen molar-refractivity contribution >= 4 is 5.91 Å². The minimum absolute atomic E-state index is 0.103. The summed E-state index contributed by atoms with van der Waals surface area (Å²) in [6.45, 7) is 9.16. The average Bonchev–Trinajstić information content (AvgIpc) is 2.48. The molecule has 0 saturated carbocycles. The molecule has 0 bridgehead atoms. The number of amides is 1. The van der Waals surface area contributed by atoms with E-state index in [1.54, 1.807) is 0 Å². The number of benzene rings is 1. The van der Waals surface area contributed by atoms with E-state index >= 15 is 0 Å². The predicted octanol–water partition coefficient (Wildman–Crippen LogP) is 2.35. The number of hydrogen-bond acceptors (Lipinski definition) is 3. The summed E-state index contributed by atoms with van der Waals surface area (Å²) >= 11 is 0. The molecule has 1 aromatic carbocycles. The number of rotatable bonds is 4. The first kappa shape index (κ1) is 16.9. The fraction of sp³-hybridized carbons (Fsp3) is 0.389. The molecule has 2 rings (SSSR count). The van der Waals surface area contributed by atoms with Gasteiger partial charge in [-0.1, -0.05) is 39.0 Å². The number of aryl methyl sites for hydroxylation is 1. The van der Waals surface area contributed by atoms with Crippen molar-refractivity contribution in [2.45, 2.75) is 39.5 Å². The van der Waals surface area contributed by atoms with Crippen LogP contribution in [0.1, 0.15) is 48.0 Å². The second-order valence-electron chi connectivity index (χ2n) is 6.70. The Kier molecular flexibility index (Phi) is 4.98. The Morgan fingerprint density at radius 2 is 1.96 bits per heavy atom. The van der Waals surface area contributed by atoms with Crippen molar-refractivity contribution in [3.05, 3.63) is 63.1 Å². The summed E-state index contributed by atoms with van der Waals surface area (Å²) < 4.78 is 0. The lowest BCUT2D eigenvalue weighted by Gasteiger charge is -2.21. The molecule has 0 saturated heterocycles. The first-order valence-electron chi connectivity index (χ1n) is 7.71. The van der Waals surface area contributed by atoms with Gasteiger partial charge in [-0.05, 0) is 41.5 Å². The van der Waals surface area contributed by atoms with Crippen molar-refractivity contribution in [2.75, 3.05) is 6.54 Å². The van der Waals surface area contributed by atoms with Gasteiger partial charge in [-0.2, -0.15) is 5.10 Å². The lowest BCUT2D eigenvalue weighted by atomic mass is 9.85. The Hall–Kier alpha value is -2.43. The fourth-order valence-electron chi connectivity index (χ4n) is 2.28. The van der Waals surface area contributed by atoms with Crippen LogP contribution in [0.15, 0.2) is 35.1 Å². The molecule has 1 aromatic heterocycles. The molecule has 1 amide bonds. The van der Waals surface area contributed by atoms with Crippen LogP contribution >= 0.6 is 0 Å². The molecule has 0 spiro atoms. The van der Waals surface area contributed by atoms with Gasteiger partial charge in [0.05, 0.1) is 0 Å². The molecule has 0 radical (unpaired) electrons. The van der Waals surface area contributed by atoms with E-state index in [1.807, 2.05) is 0 Å². The molecule has 0 aliphatic heterocycles. The van der Waals surface area contributed by atoms with Gasteiger partial charge in [-0.3, -0.25) is 9.59 Å². The summed E-state index contributed by atoms with van der Waals surface area (Å²) in [5, 5.41) is 8.80. The lowest BCUT2D eigenvalue weighted by Crippen LogP contribution is -2.28. The molecule has 0 aliphatic carbocycles. The zero-order valence-electron chi connectivity index (χ0n) is 14.1. The van der Waals surface area contributed by atoms with Crippen molar-refractivity contribution in [3.63, 3.8) is 0 Å². The first-order chi connectivity index (χ1) is 10.8. The van der Waals surface area contributed by atoms with Gasteiger partial charge in [-0.25, -0.2) is 5.10 Å². The smallest absolute Gasteiger partial charge is 0.271 e. The monoisotopic (exact) mass is 313 g/mol. The van der Waals surface area contributed by atoms with Crippen LogP contribution in [0.5, 0.6) is 0 Å². The third kappa shape index (κ3) is 4.52. The van der Waals surface area contributed by atoms with Crippen molar-refractivity contribution in [2.24, 2.45) is 0 Å². The van der Waals surface area contributed by atoms with Crippen molar-refractivity contribution in [1.29, 1.82) is 0 Å². The summed E-state index contributed by atoms with van der Waals surface area (Å²) in [6, 6.07) is 9.20. The standard InChI is InChI=1S/C18H23N3O2/c1-12-5-6-14(18(2,3)4)11-13(12)9-10-19-17(23)15-7-8-16(22)21-20-15/h5-8,11H,9-10H2,1-4H3,(H,19,23)(H,21,22). The number of nitrogens with one attached hydrogen (secondary N) is 2. The Balaban J connectivity index is 1.99. The second kappa shape index (κ2) is 6.77. The summed E-state index contributed by atoms with van der Waals surface area (Å²) in [6.07, 6.45) is 0.755. The van der Waals surface area contributed by atoms with Crippen LogP contribution in [0.4, 0.5) is 0 Å². The maximum absolute atomic E-state index is 12.0. The second-order valence-corrected chi connectivity index (χ2v) is 6.70. The normalized spacial score (nSPS) is 11.3. The lowest BCUT2D eigenvalue weighted by molar-refractivity contribution is 0.0948. The molecule has 0 fully saturated rings. The SMILES string of the molecule is Cc1ccc(C(C)(C)C)cc1CCNC(=O)c1ccc(=O)[nH]n1. The van der Waals surface area contributed by atoms with Gasteiger partial charge < -0.3 is 5.32 Å². The molecule has 5 nitrogen and oxygen atoms in total. The highest BCUT2D eigenvalue weighted by molar-refractivity contribution is 5.91. The molecule has 1 heterocycles. The topological polar surface area (TPSA) is 74.8 Å². The zero-order valence-corrected chi connectivity index (χ0v) is 14.1. The van der Waals surface area contributed by atoms with E-state index in [2.05, 4.69) is 61.4 Å². The summed E-state index contributed by atoms with van der Waals surface area (Å²) in [5.74, 6) is -0.286. The summed E-state index contributed by atoms with van der Waals surface area (Å²) in [4.78, 5) is 22.9. The van der Waals surface area contributed by atoms with Gasteiger partial charge in [0.2, 0.25) is 0 Å². The van der Waals surface area contributed by atoms with Crippen LogP contribution in [0, 0.1) is 6.92 Å². The Morgan fingerprint density at radius 1 is 1.22 bits per heavy atom. The molecular formula is C18H23N3O2. The van der Waals surface area contributed by atoms with Gasteiger partial charge in [0, 0.05) is 12.6 Å². The number of carbonyl (C=O) groups is 1. The van der Waals surface area contributed by atoms with Crippen LogP contribution in [0.2, 0.25) is 0 Å². The van der Waals surface area contributed by atoms with E-state index in [4.69, 9.17) is 0 Å². The van der Waals surface area contributed by atoms with E-state index in [1.165, 1.54) is 28.8 Å². The first-order valence-corrected chi connectivity index (χ1v) is 7.71. The van der Waals surface area contributed by atoms with Crippen molar-refractivity contribution in [1.82, 2.24) is 15.5 Å². The fourth-order valence-corrected chi connectivity index (χ4v) is 2.28.